The van der Waals surface area contributed by atoms with Gasteiger partial charge in [-0.3, -0.25) is 4.79 Å². The third kappa shape index (κ3) is 3.64. The van der Waals surface area contributed by atoms with E-state index in [0.717, 1.165) is 34.1 Å². The summed E-state index contributed by atoms with van der Waals surface area (Å²) < 4.78 is 6.11. The lowest BCUT2D eigenvalue weighted by atomic mass is 10.1. The van der Waals surface area contributed by atoms with E-state index in [2.05, 4.69) is 18.2 Å². The van der Waals surface area contributed by atoms with E-state index in [4.69, 9.17) is 4.74 Å². The summed E-state index contributed by atoms with van der Waals surface area (Å²) in [7, 11) is 0. The standard InChI is InChI=1S/C21H19NO2S2/c23-20(19-11-6-13-25-19)22-12-14-26-21(22)17-9-4-5-10-18(17)24-15-16-7-2-1-3-8-16/h1-11,13,21H,12,14-15H2/t21-/m0/s1. The molecule has 1 aliphatic heterocycles. The van der Waals surface area contributed by atoms with Crippen LogP contribution in [0.25, 0.3) is 0 Å². The van der Waals surface area contributed by atoms with Crippen molar-refractivity contribution in [3.63, 3.8) is 0 Å². The number of ether oxygens (including phenoxy) is 1. The maximum absolute atomic E-state index is 12.9. The maximum Gasteiger partial charge on any atom is 0.265 e. The SMILES string of the molecule is O=C(c1cccs1)N1CCS[C@H]1c1ccccc1OCc1ccccc1. The average Bonchev–Trinajstić information content (AvgIpc) is 3.39. The molecule has 0 radical (unpaired) electrons. The molecule has 2 aromatic carbocycles. The smallest absolute Gasteiger partial charge is 0.265 e. The second-order valence-corrected chi connectivity index (χ2v) is 8.15. The predicted octanol–water partition coefficient (Wildman–Crippen LogP) is 5.21. The van der Waals surface area contributed by atoms with Crippen LogP contribution in [0.3, 0.4) is 0 Å². The Bertz CT molecular complexity index is 865. The summed E-state index contributed by atoms with van der Waals surface area (Å²) in [6.45, 7) is 1.28. The van der Waals surface area contributed by atoms with Crippen LogP contribution in [-0.2, 0) is 6.61 Å². The van der Waals surface area contributed by atoms with Gasteiger partial charge < -0.3 is 9.64 Å². The van der Waals surface area contributed by atoms with Crippen molar-refractivity contribution >= 4 is 29.0 Å². The largest absolute Gasteiger partial charge is 0.489 e. The van der Waals surface area contributed by atoms with E-state index in [1.807, 2.05) is 58.8 Å². The van der Waals surface area contributed by atoms with Gasteiger partial charge in [0.05, 0.1) is 4.88 Å². The van der Waals surface area contributed by atoms with Crippen molar-refractivity contribution in [2.45, 2.75) is 12.0 Å². The molecule has 4 rings (SSSR count). The van der Waals surface area contributed by atoms with Gasteiger partial charge in [0, 0.05) is 17.9 Å². The highest BCUT2D eigenvalue weighted by Crippen LogP contribution is 2.42. The second-order valence-electron chi connectivity index (χ2n) is 6.01. The normalized spacial score (nSPS) is 16.6. The zero-order valence-corrected chi connectivity index (χ0v) is 15.8. The minimum absolute atomic E-state index is 0.00317. The summed E-state index contributed by atoms with van der Waals surface area (Å²) in [5.74, 6) is 1.89. The van der Waals surface area contributed by atoms with Gasteiger partial charge in [0.25, 0.3) is 5.91 Å². The summed E-state index contributed by atoms with van der Waals surface area (Å²) in [5, 5.41) is 1.94. The fraction of sp³-hybridized carbons (Fsp3) is 0.190. The fourth-order valence-electron chi connectivity index (χ4n) is 3.03. The summed E-state index contributed by atoms with van der Waals surface area (Å²) in [4.78, 5) is 15.6. The first-order chi connectivity index (χ1) is 12.8. The van der Waals surface area contributed by atoms with Gasteiger partial charge in [-0.2, -0.15) is 0 Å². The summed E-state index contributed by atoms with van der Waals surface area (Å²) in [6.07, 6.45) is 0. The lowest BCUT2D eigenvalue weighted by Gasteiger charge is -2.25. The van der Waals surface area contributed by atoms with Crippen LogP contribution in [-0.4, -0.2) is 23.1 Å². The summed E-state index contributed by atoms with van der Waals surface area (Å²) in [6, 6.07) is 22.0. The Balaban J connectivity index is 1.56. The molecule has 1 saturated heterocycles. The van der Waals surface area contributed by atoms with Crippen LogP contribution in [0.1, 0.15) is 26.2 Å². The zero-order chi connectivity index (χ0) is 17.8. The lowest BCUT2D eigenvalue weighted by molar-refractivity contribution is 0.0763. The molecule has 0 spiro atoms. The van der Waals surface area contributed by atoms with E-state index >= 15 is 0 Å². The highest BCUT2D eigenvalue weighted by Gasteiger charge is 2.33. The average molecular weight is 382 g/mol. The minimum Gasteiger partial charge on any atom is -0.489 e. The van der Waals surface area contributed by atoms with Crippen molar-refractivity contribution in [1.29, 1.82) is 0 Å². The molecular weight excluding hydrogens is 362 g/mol. The molecule has 1 aromatic heterocycles. The van der Waals surface area contributed by atoms with Crippen molar-refractivity contribution < 1.29 is 9.53 Å². The first kappa shape index (κ1) is 17.2. The van der Waals surface area contributed by atoms with Crippen molar-refractivity contribution in [3.8, 4) is 5.75 Å². The van der Waals surface area contributed by atoms with Crippen LogP contribution in [0.4, 0.5) is 0 Å². The van der Waals surface area contributed by atoms with Crippen LogP contribution >= 0.6 is 23.1 Å². The Morgan fingerprint density at radius 1 is 1.04 bits per heavy atom. The van der Waals surface area contributed by atoms with Gasteiger partial charge >= 0.3 is 0 Å². The van der Waals surface area contributed by atoms with Crippen LogP contribution < -0.4 is 4.74 Å². The van der Waals surface area contributed by atoms with Crippen molar-refractivity contribution in [2.75, 3.05) is 12.3 Å². The molecule has 0 saturated carbocycles. The molecule has 0 N–H and O–H groups in total. The fourth-order valence-corrected chi connectivity index (χ4v) is 4.99. The number of thiophene rings is 1. The molecule has 1 amide bonds. The number of hydrogen-bond donors (Lipinski definition) is 0. The first-order valence-electron chi connectivity index (χ1n) is 8.54. The Labute approximate surface area is 161 Å². The Morgan fingerprint density at radius 3 is 2.65 bits per heavy atom. The van der Waals surface area contributed by atoms with Crippen LogP contribution in [0.2, 0.25) is 0 Å². The molecule has 3 aromatic rings. The van der Waals surface area contributed by atoms with Gasteiger partial charge in [-0.15, -0.1) is 23.1 Å². The minimum atomic E-state index is -0.00317. The highest BCUT2D eigenvalue weighted by molar-refractivity contribution is 7.99. The van der Waals surface area contributed by atoms with Gasteiger partial charge in [-0.05, 0) is 23.1 Å². The third-order valence-electron chi connectivity index (χ3n) is 4.31. The summed E-state index contributed by atoms with van der Waals surface area (Å²) >= 11 is 3.29. The molecule has 0 aliphatic carbocycles. The molecule has 1 fully saturated rings. The van der Waals surface area contributed by atoms with Crippen molar-refractivity contribution in [2.24, 2.45) is 0 Å². The van der Waals surface area contributed by atoms with Gasteiger partial charge in [-0.25, -0.2) is 0 Å². The molecule has 0 bridgehead atoms. The summed E-state index contributed by atoms with van der Waals surface area (Å²) in [5.41, 5.74) is 2.20. The number of benzene rings is 2. The zero-order valence-electron chi connectivity index (χ0n) is 14.2. The number of carbonyl (C=O) groups is 1. The van der Waals surface area contributed by atoms with Crippen molar-refractivity contribution in [3.05, 3.63) is 88.1 Å². The van der Waals surface area contributed by atoms with Gasteiger partial charge in [0.1, 0.15) is 17.7 Å². The Hall–Kier alpha value is -2.24. The number of thioether (sulfide) groups is 1. The number of nitrogens with zero attached hydrogens (tertiary/aromatic N) is 1. The van der Waals surface area contributed by atoms with Crippen molar-refractivity contribution in [1.82, 2.24) is 4.90 Å². The monoisotopic (exact) mass is 381 g/mol. The van der Waals surface area contributed by atoms with E-state index in [-0.39, 0.29) is 11.3 Å². The van der Waals surface area contributed by atoms with E-state index in [0.29, 0.717) is 6.61 Å². The molecular formula is C21H19NO2S2. The highest BCUT2D eigenvalue weighted by atomic mass is 32.2. The first-order valence-corrected chi connectivity index (χ1v) is 10.5. The van der Waals surface area contributed by atoms with Crippen LogP contribution in [0.15, 0.2) is 72.1 Å². The molecule has 1 aliphatic rings. The van der Waals surface area contributed by atoms with Crippen LogP contribution in [0.5, 0.6) is 5.75 Å². The molecule has 0 unspecified atom stereocenters. The Kier molecular flexibility index (Phi) is 5.27. The predicted molar refractivity (Wildman–Crippen MR) is 108 cm³/mol. The number of carbonyl (C=O) groups excluding carboxylic acids is 1. The van der Waals surface area contributed by atoms with Gasteiger partial charge in [0.2, 0.25) is 0 Å². The quantitative estimate of drug-likeness (QED) is 0.607. The van der Waals surface area contributed by atoms with E-state index in [1.165, 1.54) is 11.3 Å². The number of amides is 1. The molecule has 3 nitrogen and oxygen atoms in total. The van der Waals surface area contributed by atoms with E-state index < -0.39 is 0 Å². The van der Waals surface area contributed by atoms with E-state index in [9.17, 15) is 4.79 Å². The van der Waals surface area contributed by atoms with E-state index in [1.54, 1.807) is 11.8 Å². The number of hydrogen-bond acceptors (Lipinski definition) is 4. The topological polar surface area (TPSA) is 29.5 Å². The molecule has 1 atom stereocenters. The molecule has 132 valence electrons. The van der Waals surface area contributed by atoms with Gasteiger partial charge in [0.15, 0.2) is 0 Å². The Morgan fingerprint density at radius 2 is 1.85 bits per heavy atom. The maximum atomic E-state index is 12.9. The second kappa shape index (κ2) is 7.98. The van der Waals surface area contributed by atoms with Gasteiger partial charge in [-0.1, -0.05) is 54.6 Å². The molecule has 5 heteroatoms. The molecule has 2 heterocycles. The number of rotatable bonds is 5. The molecule has 26 heavy (non-hydrogen) atoms. The third-order valence-corrected chi connectivity index (χ3v) is 6.41. The lowest BCUT2D eigenvalue weighted by Crippen LogP contribution is -2.30. The number of para-hydroxylation sites is 1. The van der Waals surface area contributed by atoms with Crippen LogP contribution in [0, 0.1) is 0 Å².